The maximum Gasteiger partial charge on any atom is 0.339 e. The third-order valence-electron chi connectivity index (χ3n) is 4.70. The summed E-state index contributed by atoms with van der Waals surface area (Å²) < 4.78 is 5.40. The second-order valence-electron chi connectivity index (χ2n) is 6.39. The summed E-state index contributed by atoms with van der Waals surface area (Å²) in [5.41, 5.74) is 0.814. The van der Waals surface area contributed by atoms with Crippen molar-refractivity contribution in [1.29, 1.82) is 0 Å². The van der Waals surface area contributed by atoms with Gasteiger partial charge in [-0.1, -0.05) is 30.7 Å². The number of nitrogens with zero attached hydrogens (tertiary/aromatic N) is 1. The Bertz CT molecular complexity index is 890. The molecular weight excluding hydrogens is 372 g/mol. The Balaban J connectivity index is 1.84. The third kappa shape index (κ3) is 3.68. The molecule has 142 valence electrons. The van der Waals surface area contributed by atoms with Gasteiger partial charge in [-0.25, -0.2) is 4.79 Å². The van der Waals surface area contributed by atoms with Crippen LogP contribution >= 0.6 is 11.6 Å². The molecular formula is C19H19ClN2O5. The molecule has 2 aromatic rings. The highest BCUT2D eigenvalue weighted by Gasteiger charge is 2.39. The molecule has 1 aliphatic rings. The van der Waals surface area contributed by atoms with Gasteiger partial charge in [0, 0.05) is 31.0 Å². The van der Waals surface area contributed by atoms with Crippen LogP contribution in [0.25, 0.3) is 0 Å². The first-order valence-corrected chi connectivity index (χ1v) is 8.87. The van der Waals surface area contributed by atoms with Crippen molar-refractivity contribution in [3.05, 3.63) is 58.0 Å². The Morgan fingerprint density at radius 1 is 1.33 bits per heavy atom. The molecule has 2 heterocycles. The highest BCUT2D eigenvalue weighted by Crippen LogP contribution is 2.32. The number of nitrogens with one attached hydrogen (secondary N) is 1. The van der Waals surface area contributed by atoms with E-state index in [1.807, 2.05) is 12.1 Å². The van der Waals surface area contributed by atoms with Crippen LogP contribution in [-0.4, -0.2) is 40.9 Å². The van der Waals surface area contributed by atoms with Crippen LogP contribution in [0.1, 0.15) is 51.6 Å². The molecule has 1 aliphatic heterocycles. The van der Waals surface area contributed by atoms with E-state index in [4.69, 9.17) is 16.0 Å². The van der Waals surface area contributed by atoms with Crippen molar-refractivity contribution in [3.8, 4) is 0 Å². The molecule has 8 heteroatoms. The molecule has 1 aromatic heterocycles. The van der Waals surface area contributed by atoms with Gasteiger partial charge in [0.1, 0.15) is 11.3 Å². The summed E-state index contributed by atoms with van der Waals surface area (Å²) in [6.45, 7) is 1.74. The number of benzene rings is 1. The van der Waals surface area contributed by atoms with Gasteiger partial charge in [0.25, 0.3) is 5.91 Å². The van der Waals surface area contributed by atoms with E-state index in [1.165, 1.54) is 6.07 Å². The minimum Gasteiger partial charge on any atom is -0.478 e. The average molecular weight is 391 g/mol. The van der Waals surface area contributed by atoms with Crippen molar-refractivity contribution in [1.82, 2.24) is 10.2 Å². The van der Waals surface area contributed by atoms with Gasteiger partial charge in [-0.15, -0.1) is 0 Å². The summed E-state index contributed by atoms with van der Waals surface area (Å²) in [6.07, 6.45) is 0.496. The summed E-state index contributed by atoms with van der Waals surface area (Å²) in [4.78, 5) is 37.6. The largest absolute Gasteiger partial charge is 0.478 e. The summed E-state index contributed by atoms with van der Waals surface area (Å²) in [6, 6.07) is 7.47. The van der Waals surface area contributed by atoms with Crippen molar-refractivity contribution in [2.24, 2.45) is 0 Å². The van der Waals surface area contributed by atoms with Crippen LogP contribution in [0.15, 0.2) is 34.7 Å². The number of furan rings is 1. The maximum absolute atomic E-state index is 12.6. The van der Waals surface area contributed by atoms with E-state index in [0.29, 0.717) is 11.4 Å². The lowest BCUT2D eigenvalue weighted by molar-refractivity contribution is -0.127. The Morgan fingerprint density at radius 2 is 2.00 bits per heavy atom. The number of hydrogen-bond acceptors (Lipinski definition) is 4. The van der Waals surface area contributed by atoms with E-state index in [9.17, 15) is 19.5 Å². The zero-order valence-electron chi connectivity index (χ0n) is 14.9. The molecule has 27 heavy (non-hydrogen) atoms. The molecule has 2 unspecified atom stereocenters. The molecule has 1 aromatic carbocycles. The third-order valence-corrected chi connectivity index (χ3v) is 4.95. The first kappa shape index (κ1) is 19.0. The number of hydrogen-bond donors (Lipinski definition) is 2. The number of amides is 2. The first-order chi connectivity index (χ1) is 12.8. The Kier molecular flexibility index (Phi) is 5.23. The van der Waals surface area contributed by atoms with Crippen molar-refractivity contribution in [2.45, 2.75) is 31.8 Å². The molecule has 1 fully saturated rings. The number of carboxylic acid groups (broad SMARTS) is 1. The number of likely N-dealkylation sites (N-methyl/N-ethyl adjacent to an activating group) is 1. The van der Waals surface area contributed by atoms with Crippen LogP contribution in [0.4, 0.5) is 0 Å². The molecule has 7 nitrogen and oxygen atoms in total. The highest BCUT2D eigenvalue weighted by molar-refractivity contribution is 6.30. The standard InChI is InChI=1S/C19H19ClN2O5/c1-3-14-12(19(25)26)8-15(27-14)18(24)21-13-9-16(23)22(2)17(13)10-4-6-11(20)7-5-10/h4-8,13,17H,3,9H2,1-2H3,(H,21,24)(H,25,26). The number of rotatable bonds is 5. The quantitative estimate of drug-likeness (QED) is 0.817. The molecule has 2 amide bonds. The highest BCUT2D eigenvalue weighted by atomic mass is 35.5. The predicted octanol–water partition coefficient (Wildman–Crippen LogP) is 2.90. The summed E-state index contributed by atoms with van der Waals surface area (Å²) in [7, 11) is 1.68. The smallest absolute Gasteiger partial charge is 0.339 e. The zero-order valence-corrected chi connectivity index (χ0v) is 15.6. The monoisotopic (exact) mass is 390 g/mol. The average Bonchev–Trinajstić information content (AvgIpc) is 3.18. The second-order valence-corrected chi connectivity index (χ2v) is 6.83. The summed E-state index contributed by atoms with van der Waals surface area (Å²) >= 11 is 5.93. The number of aromatic carboxylic acids is 1. The van der Waals surface area contributed by atoms with E-state index in [2.05, 4.69) is 5.32 Å². The fraction of sp³-hybridized carbons (Fsp3) is 0.316. The zero-order chi connectivity index (χ0) is 19.7. The van der Waals surface area contributed by atoms with Gasteiger partial charge >= 0.3 is 5.97 Å². The van der Waals surface area contributed by atoms with Crippen molar-refractivity contribution >= 4 is 29.4 Å². The molecule has 2 N–H and O–H groups in total. The molecule has 0 saturated carbocycles. The van der Waals surface area contributed by atoms with Gasteiger partial charge in [0.2, 0.25) is 5.91 Å². The lowest BCUT2D eigenvalue weighted by Gasteiger charge is -2.25. The van der Waals surface area contributed by atoms with Crippen LogP contribution in [0.2, 0.25) is 5.02 Å². The van der Waals surface area contributed by atoms with E-state index < -0.39 is 17.9 Å². The van der Waals surface area contributed by atoms with Crippen molar-refractivity contribution in [2.75, 3.05) is 7.05 Å². The van der Waals surface area contributed by atoms with E-state index in [-0.39, 0.29) is 35.5 Å². The van der Waals surface area contributed by atoms with Crippen LogP contribution in [-0.2, 0) is 11.2 Å². The number of aryl methyl sites for hydroxylation is 1. The fourth-order valence-corrected chi connectivity index (χ4v) is 3.46. The normalized spacial score (nSPS) is 19.4. The molecule has 0 spiro atoms. The van der Waals surface area contributed by atoms with Crippen molar-refractivity contribution in [3.63, 3.8) is 0 Å². The second kappa shape index (κ2) is 7.44. The molecule has 0 radical (unpaired) electrons. The predicted molar refractivity (Wildman–Crippen MR) is 97.9 cm³/mol. The van der Waals surface area contributed by atoms with Gasteiger partial charge < -0.3 is 19.7 Å². The summed E-state index contributed by atoms with van der Waals surface area (Å²) in [5.74, 6) is -1.64. The van der Waals surface area contributed by atoms with Crippen LogP contribution in [0, 0.1) is 0 Å². The van der Waals surface area contributed by atoms with Crippen LogP contribution in [0.5, 0.6) is 0 Å². The minimum atomic E-state index is -1.15. The molecule has 0 aliphatic carbocycles. The van der Waals surface area contributed by atoms with Crippen LogP contribution < -0.4 is 5.32 Å². The van der Waals surface area contributed by atoms with E-state index >= 15 is 0 Å². The van der Waals surface area contributed by atoms with Crippen LogP contribution in [0.3, 0.4) is 0 Å². The van der Waals surface area contributed by atoms with Gasteiger partial charge in [0.15, 0.2) is 5.76 Å². The maximum atomic E-state index is 12.6. The molecule has 2 atom stereocenters. The molecule has 0 bridgehead atoms. The Labute approximate surface area is 160 Å². The van der Waals surface area contributed by atoms with E-state index in [1.54, 1.807) is 31.0 Å². The lowest BCUT2D eigenvalue weighted by atomic mass is 10.00. The van der Waals surface area contributed by atoms with Gasteiger partial charge in [-0.05, 0) is 17.7 Å². The fourth-order valence-electron chi connectivity index (χ4n) is 3.34. The molecule has 3 rings (SSSR count). The number of likely N-dealkylation sites (tertiary alicyclic amines) is 1. The van der Waals surface area contributed by atoms with Crippen molar-refractivity contribution < 1.29 is 23.9 Å². The lowest BCUT2D eigenvalue weighted by Crippen LogP contribution is -2.38. The minimum absolute atomic E-state index is 0.0310. The number of halogens is 1. The van der Waals surface area contributed by atoms with Gasteiger partial charge in [-0.3, -0.25) is 9.59 Å². The first-order valence-electron chi connectivity index (χ1n) is 8.49. The molecule has 1 saturated heterocycles. The Hall–Kier alpha value is -2.80. The number of carbonyl (C=O) groups is 3. The number of carboxylic acids is 1. The topological polar surface area (TPSA) is 99.9 Å². The Morgan fingerprint density at radius 3 is 2.56 bits per heavy atom. The van der Waals surface area contributed by atoms with E-state index in [0.717, 1.165) is 5.56 Å². The van der Waals surface area contributed by atoms with Gasteiger partial charge in [0.05, 0.1) is 12.1 Å². The number of carbonyl (C=O) groups excluding carboxylic acids is 2. The van der Waals surface area contributed by atoms with Gasteiger partial charge in [-0.2, -0.15) is 0 Å². The summed E-state index contributed by atoms with van der Waals surface area (Å²) in [5, 5.41) is 12.6. The SMILES string of the molecule is CCc1oc(C(=O)NC2CC(=O)N(C)C2c2ccc(Cl)cc2)cc1C(=O)O.